The van der Waals surface area contributed by atoms with Crippen molar-refractivity contribution in [2.24, 2.45) is 17.8 Å². The van der Waals surface area contributed by atoms with Crippen LogP contribution in [0.15, 0.2) is 43.3 Å². The van der Waals surface area contributed by atoms with Crippen LogP contribution in [-0.2, 0) is 4.79 Å². The number of hydrogen-bond acceptors (Lipinski definition) is 4. The van der Waals surface area contributed by atoms with Gasteiger partial charge in [0.2, 0.25) is 5.92 Å². The number of Topliss-reactive ketones (excluding diaryl/α,β-unsaturated/α-hetero) is 1. The Morgan fingerprint density at radius 1 is 1.19 bits per heavy atom. The minimum absolute atomic E-state index is 0.0208. The predicted octanol–water partition coefficient (Wildman–Crippen LogP) is 9.65. The van der Waals surface area contributed by atoms with E-state index >= 15 is 0 Å². The van der Waals surface area contributed by atoms with Crippen molar-refractivity contribution in [1.29, 1.82) is 0 Å². The van der Waals surface area contributed by atoms with E-state index in [-0.39, 0.29) is 37.5 Å². The molecule has 8 heteroatoms. The van der Waals surface area contributed by atoms with E-state index in [0.29, 0.717) is 18.9 Å². The van der Waals surface area contributed by atoms with Gasteiger partial charge in [0.25, 0.3) is 5.92 Å². The van der Waals surface area contributed by atoms with E-state index in [1.807, 2.05) is 52.2 Å². The number of rotatable bonds is 11. The highest BCUT2D eigenvalue weighted by atomic mass is 19.3. The zero-order valence-corrected chi connectivity index (χ0v) is 27.2. The van der Waals surface area contributed by atoms with E-state index in [1.54, 1.807) is 6.08 Å². The lowest BCUT2D eigenvalue weighted by molar-refractivity contribution is -0.194. The largest absolute Gasteiger partial charge is 0.384 e. The molecule has 0 amide bonds. The van der Waals surface area contributed by atoms with Crippen LogP contribution in [0.4, 0.5) is 17.6 Å². The number of pyridine rings is 1. The third kappa shape index (κ3) is 11.8. The Morgan fingerprint density at radius 3 is 2.33 bits per heavy atom. The minimum atomic E-state index is -2.96. The highest BCUT2D eigenvalue weighted by Crippen LogP contribution is 2.49. The van der Waals surface area contributed by atoms with Crippen LogP contribution in [0, 0.1) is 17.8 Å². The summed E-state index contributed by atoms with van der Waals surface area (Å²) in [4.78, 5) is 16.5. The van der Waals surface area contributed by atoms with Gasteiger partial charge in [0, 0.05) is 43.8 Å². The molecule has 3 rings (SSSR count). The molecule has 0 radical (unpaired) electrons. The molecule has 1 saturated carbocycles. The van der Waals surface area contributed by atoms with Crippen molar-refractivity contribution >= 4 is 17.4 Å². The number of halogens is 4. The van der Waals surface area contributed by atoms with Crippen LogP contribution >= 0.6 is 0 Å². The molecule has 4 atom stereocenters. The van der Waals surface area contributed by atoms with E-state index in [0.717, 1.165) is 24.1 Å². The van der Waals surface area contributed by atoms with Gasteiger partial charge < -0.3 is 10.4 Å². The topological polar surface area (TPSA) is 62.2 Å². The van der Waals surface area contributed by atoms with Crippen LogP contribution in [0.2, 0.25) is 0 Å². The molecule has 0 spiro atoms. The molecule has 4 unspecified atom stereocenters. The summed E-state index contributed by atoms with van der Waals surface area (Å²) in [6.45, 7) is 16.5. The van der Waals surface area contributed by atoms with Gasteiger partial charge in [-0.1, -0.05) is 73.1 Å². The molecule has 0 bridgehead atoms. The first kappa shape index (κ1) is 38.5. The standard InChI is InChI=1S/C15H26F2O2.C13H14N2.C7H14F2/c1-5-6-7-13(18)14(19)9-15(16,17)11(4)8-12(14)10(2)3;1-3-12-7-6-11(9-15-12)13-5-4-8-14-10(13)2;1-3-5-6-7(8,9)4-2/h10-12,19H,5-9H2,1-4H3;3-10,14H,1H2,2H3;3-6H2,1-2H3. The summed E-state index contributed by atoms with van der Waals surface area (Å²) in [5, 5.41) is 13.9. The Bertz CT molecular complexity index is 1050. The van der Waals surface area contributed by atoms with E-state index in [2.05, 4.69) is 35.9 Å². The lowest BCUT2D eigenvalue weighted by Crippen LogP contribution is -2.57. The first-order valence-corrected chi connectivity index (χ1v) is 15.8. The molecule has 43 heavy (non-hydrogen) atoms. The van der Waals surface area contributed by atoms with Gasteiger partial charge in [-0.3, -0.25) is 9.78 Å². The third-order valence-corrected chi connectivity index (χ3v) is 8.42. The summed E-state index contributed by atoms with van der Waals surface area (Å²) in [6.07, 6.45) is 12.4. The van der Waals surface area contributed by atoms with Crippen molar-refractivity contribution in [3.8, 4) is 0 Å². The molecule has 2 N–H and O–H groups in total. The van der Waals surface area contributed by atoms with Crippen molar-refractivity contribution < 1.29 is 27.5 Å². The maximum Gasteiger partial charge on any atom is 0.253 e. The minimum Gasteiger partial charge on any atom is -0.384 e. The molecule has 0 aromatic carbocycles. The summed E-state index contributed by atoms with van der Waals surface area (Å²) in [6, 6.07) is 4.40. The Hall–Kier alpha value is -2.48. The number of nitrogens with one attached hydrogen (secondary N) is 1. The molecule has 0 saturated heterocycles. The molecule has 4 nitrogen and oxygen atoms in total. The van der Waals surface area contributed by atoms with Gasteiger partial charge in [-0.2, -0.15) is 0 Å². The maximum absolute atomic E-state index is 13.9. The Balaban J connectivity index is 0.000000344. The van der Waals surface area contributed by atoms with Crippen molar-refractivity contribution in [2.45, 2.75) is 130 Å². The van der Waals surface area contributed by atoms with E-state index < -0.39 is 35.6 Å². The van der Waals surface area contributed by atoms with Crippen molar-refractivity contribution in [2.75, 3.05) is 0 Å². The molecule has 1 aliphatic carbocycles. The first-order chi connectivity index (χ1) is 20.1. The van der Waals surface area contributed by atoms with E-state index in [1.165, 1.54) is 19.4 Å². The van der Waals surface area contributed by atoms with Crippen LogP contribution in [0.5, 0.6) is 0 Å². The van der Waals surface area contributed by atoms with Crippen molar-refractivity contribution in [3.05, 3.63) is 54.5 Å². The van der Waals surface area contributed by atoms with E-state index in [9.17, 15) is 27.5 Å². The fourth-order valence-electron chi connectivity index (χ4n) is 5.34. The maximum atomic E-state index is 13.9. The van der Waals surface area contributed by atoms with Crippen LogP contribution in [0.3, 0.4) is 0 Å². The van der Waals surface area contributed by atoms with Gasteiger partial charge in [0.15, 0.2) is 5.78 Å². The van der Waals surface area contributed by atoms with Crippen LogP contribution in [-0.4, -0.2) is 39.4 Å². The van der Waals surface area contributed by atoms with Crippen LogP contribution in [0.25, 0.3) is 11.6 Å². The summed E-state index contributed by atoms with van der Waals surface area (Å²) in [5.41, 5.74) is 1.48. The van der Waals surface area contributed by atoms with Gasteiger partial charge in [0.1, 0.15) is 5.60 Å². The van der Waals surface area contributed by atoms with Gasteiger partial charge in [0.05, 0.1) is 5.69 Å². The summed E-state index contributed by atoms with van der Waals surface area (Å²) in [5.74, 6) is -6.89. The third-order valence-electron chi connectivity index (χ3n) is 8.42. The zero-order chi connectivity index (χ0) is 32.8. The Kier molecular flexibility index (Phi) is 15.9. The smallest absolute Gasteiger partial charge is 0.253 e. The number of carbonyl (C=O) groups excluding carboxylic acids is 1. The van der Waals surface area contributed by atoms with Gasteiger partial charge in [-0.25, -0.2) is 17.6 Å². The second-order valence-electron chi connectivity index (χ2n) is 12.2. The second kappa shape index (κ2) is 17.7. The Labute approximate surface area is 257 Å². The van der Waals surface area contributed by atoms with Crippen LogP contribution in [0.1, 0.15) is 118 Å². The molecule has 1 fully saturated rings. The normalized spacial score (nSPS) is 24.5. The molecular weight excluding hydrogens is 556 g/mol. The second-order valence-corrected chi connectivity index (χ2v) is 12.2. The number of aliphatic hydroxyl groups is 1. The first-order valence-electron chi connectivity index (χ1n) is 15.8. The number of nitrogens with zero attached hydrogens (tertiary/aromatic N) is 1. The lowest BCUT2D eigenvalue weighted by Gasteiger charge is -2.46. The molecule has 2 heterocycles. The number of ketones is 1. The fourth-order valence-corrected chi connectivity index (χ4v) is 5.34. The highest BCUT2D eigenvalue weighted by molar-refractivity contribution is 5.87. The van der Waals surface area contributed by atoms with E-state index in [4.69, 9.17) is 0 Å². The monoisotopic (exact) mass is 610 g/mol. The van der Waals surface area contributed by atoms with Gasteiger partial charge >= 0.3 is 0 Å². The van der Waals surface area contributed by atoms with Crippen LogP contribution < -0.4 is 5.32 Å². The number of hydrogen-bond donors (Lipinski definition) is 2. The van der Waals surface area contributed by atoms with Gasteiger partial charge in [-0.15, -0.1) is 0 Å². The summed E-state index contributed by atoms with van der Waals surface area (Å²) >= 11 is 0. The molecular formula is C35H54F4N2O2. The number of dihydropyridines is 1. The van der Waals surface area contributed by atoms with Crippen molar-refractivity contribution in [1.82, 2.24) is 10.3 Å². The number of aromatic nitrogens is 1. The zero-order valence-electron chi connectivity index (χ0n) is 27.2. The number of allylic oxidation sites excluding steroid dienone is 2. The SMILES string of the molecule is C=Cc1ccc(C2=CC=CNC2C)cn1.CCCCC(=O)C1(O)CC(F)(F)C(C)CC1C(C)C.CCCCC(F)(F)CC. The highest BCUT2D eigenvalue weighted by Gasteiger charge is 2.57. The Morgan fingerprint density at radius 2 is 1.84 bits per heavy atom. The number of alkyl halides is 4. The average molecular weight is 611 g/mol. The molecule has 244 valence electrons. The number of unbranched alkanes of at least 4 members (excludes halogenated alkanes) is 2. The summed E-state index contributed by atoms with van der Waals surface area (Å²) in [7, 11) is 0. The average Bonchev–Trinajstić information content (AvgIpc) is 2.97. The lowest BCUT2D eigenvalue weighted by atomic mass is 9.63. The van der Waals surface area contributed by atoms with Crippen molar-refractivity contribution in [3.63, 3.8) is 0 Å². The molecule has 1 aromatic heterocycles. The summed E-state index contributed by atoms with van der Waals surface area (Å²) < 4.78 is 52.5. The quantitative estimate of drug-likeness (QED) is 0.245. The molecule has 2 aliphatic rings. The molecule has 1 aliphatic heterocycles. The van der Waals surface area contributed by atoms with Gasteiger partial charge in [-0.05, 0) is 73.6 Å². The molecule has 1 aromatic rings. The predicted molar refractivity (Wildman–Crippen MR) is 170 cm³/mol. The fraction of sp³-hybridized carbons (Fsp3) is 0.657. The number of carbonyl (C=O) groups is 1.